The van der Waals surface area contributed by atoms with Gasteiger partial charge >= 0.3 is 0 Å². The van der Waals surface area contributed by atoms with Crippen molar-refractivity contribution in [2.45, 2.75) is 24.3 Å². The van der Waals surface area contributed by atoms with Crippen molar-refractivity contribution in [3.05, 3.63) is 23.8 Å². The van der Waals surface area contributed by atoms with Crippen LogP contribution in [0.5, 0.6) is 5.75 Å². The first-order valence-electron chi connectivity index (χ1n) is 6.05. The number of ether oxygens (including phenoxy) is 2. The van der Waals surface area contributed by atoms with E-state index in [4.69, 9.17) is 20.2 Å². The third-order valence-electron chi connectivity index (χ3n) is 2.65. The fourth-order valence-electron chi connectivity index (χ4n) is 1.78. The van der Waals surface area contributed by atoms with Crippen LogP contribution in [-0.4, -0.2) is 40.7 Å². The van der Waals surface area contributed by atoms with E-state index in [0.29, 0.717) is 6.61 Å². The molecule has 0 saturated carbocycles. The molecule has 0 aliphatic heterocycles. The van der Waals surface area contributed by atoms with Gasteiger partial charge in [0.25, 0.3) is 15.0 Å². The van der Waals surface area contributed by atoms with E-state index in [2.05, 4.69) is 5.32 Å². The van der Waals surface area contributed by atoms with E-state index < -0.39 is 20.5 Å². The molecule has 0 aliphatic rings. The van der Waals surface area contributed by atoms with Crippen molar-refractivity contribution >= 4 is 25.6 Å². The molecule has 6 nitrogen and oxygen atoms in total. The lowest BCUT2D eigenvalue weighted by Gasteiger charge is -2.25. The van der Waals surface area contributed by atoms with Crippen LogP contribution in [0.4, 0.5) is 0 Å². The summed E-state index contributed by atoms with van der Waals surface area (Å²) >= 11 is 0. The van der Waals surface area contributed by atoms with Gasteiger partial charge in [0, 0.05) is 23.4 Å². The van der Waals surface area contributed by atoms with Gasteiger partial charge in [0.15, 0.2) is 0 Å². The second-order valence-electron chi connectivity index (χ2n) is 5.07. The molecule has 1 aromatic carbocycles. The van der Waals surface area contributed by atoms with Gasteiger partial charge in [-0.05, 0) is 32.0 Å². The summed E-state index contributed by atoms with van der Waals surface area (Å²) < 4.78 is 33.0. The maximum atomic E-state index is 12.2. The minimum Gasteiger partial charge on any atom is -0.495 e. The van der Waals surface area contributed by atoms with Crippen molar-refractivity contribution in [3.63, 3.8) is 0 Å². The molecule has 1 aromatic rings. The molecular weight excluding hydrogens is 318 g/mol. The molecule has 1 amide bonds. The zero-order valence-electron chi connectivity index (χ0n) is 12.3. The SMILES string of the molecule is COCC(C)(C)NC(=O)c1ccc(OC)c(S(=O)(=O)Cl)c1. The van der Waals surface area contributed by atoms with Crippen molar-refractivity contribution in [3.8, 4) is 5.75 Å². The van der Waals surface area contributed by atoms with E-state index in [-0.39, 0.29) is 16.2 Å². The highest BCUT2D eigenvalue weighted by Crippen LogP contribution is 2.28. The van der Waals surface area contributed by atoms with Gasteiger partial charge in [-0.25, -0.2) is 8.42 Å². The third-order valence-corrected chi connectivity index (χ3v) is 3.99. The Labute approximate surface area is 128 Å². The standard InChI is InChI=1S/C13H18ClNO5S/c1-13(2,8-19-3)15-12(16)9-5-6-10(20-4)11(7-9)21(14,17)18/h5-7H,8H2,1-4H3,(H,15,16). The Bertz CT molecular complexity index is 627. The molecule has 0 atom stereocenters. The first-order chi connectivity index (χ1) is 9.60. The molecule has 0 heterocycles. The van der Waals surface area contributed by atoms with Crippen LogP contribution in [0.15, 0.2) is 23.1 Å². The number of halogens is 1. The van der Waals surface area contributed by atoms with E-state index in [1.165, 1.54) is 32.4 Å². The summed E-state index contributed by atoms with van der Waals surface area (Å²) in [4.78, 5) is 11.9. The zero-order valence-corrected chi connectivity index (χ0v) is 13.8. The number of nitrogens with one attached hydrogen (secondary N) is 1. The second-order valence-corrected chi connectivity index (χ2v) is 7.61. The number of carbonyl (C=O) groups is 1. The average Bonchev–Trinajstić information content (AvgIpc) is 2.36. The quantitative estimate of drug-likeness (QED) is 0.801. The Morgan fingerprint density at radius 3 is 2.43 bits per heavy atom. The van der Waals surface area contributed by atoms with Gasteiger partial charge in [-0.2, -0.15) is 0 Å². The lowest BCUT2D eigenvalue weighted by Crippen LogP contribution is -2.46. The Balaban J connectivity index is 3.13. The summed E-state index contributed by atoms with van der Waals surface area (Å²) in [6.45, 7) is 3.89. The molecule has 0 aliphatic carbocycles. The second kappa shape index (κ2) is 6.64. The minimum atomic E-state index is -4.01. The Morgan fingerprint density at radius 2 is 1.95 bits per heavy atom. The predicted octanol–water partition coefficient (Wildman–Crippen LogP) is 1.78. The average molecular weight is 336 g/mol. The van der Waals surface area contributed by atoms with Crippen LogP contribution >= 0.6 is 10.7 Å². The minimum absolute atomic E-state index is 0.0812. The summed E-state index contributed by atoms with van der Waals surface area (Å²) in [6.07, 6.45) is 0. The molecule has 0 aromatic heterocycles. The molecule has 0 bridgehead atoms. The molecule has 0 spiro atoms. The van der Waals surface area contributed by atoms with E-state index in [9.17, 15) is 13.2 Å². The highest BCUT2D eigenvalue weighted by Gasteiger charge is 2.23. The normalized spacial score (nSPS) is 12.0. The third kappa shape index (κ3) is 4.87. The molecule has 1 N–H and O–H groups in total. The number of rotatable bonds is 6. The van der Waals surface area contributed by atoms with E-state index >= 15 is 0 Å². The summed E-state index contributed by atoms with van der Waals surface area (Å²) in [5.41, 5.74) is -0.426. The lowest BCUT2D eigenvalue weighted by molar-refractivity contribution is 0.0819. The summed E-state index contributed by atoms with van der Waals surface area (Å²) in [5, 5.41) is 2.75. The largest absolute Gasteiger partial charge is 0.495 e. The van der Waals surface area contributed by atoms with Crippen molar-refractivity contribution in [1.82, 2.24) is 5.32 Å². The predicted molar refractivity (Wildman–Crippen MR) is 79.5 cm³/mol. The molecule has 118 valence electrons. The van der Waals surface area contributed by atoms with Crippen molar-refractivity contribution in [2.75, 3.05) is 20.8 Å². The Morgan fingerprint density at radius 1 is 1.33 bits per heavy atom. The highest BCUT2D eigenvalue weighted by molar-refractivity contribution is 8.13. The molecule has 8 heteroatoms. The lowest BCUT2D eigenvalue weighted by atomic mass is 10.1. The van der Waals surface area contributed by atoms with Gasteiger partial charge in [0.2, 0.25) is 0 Å². The van der Waals surface area contributed by atoms with Crippen LogP contribution in [0, 0.1) is 0 Å². The number of amides is 1. The van der Waals surface area contributed by atoms with Crippen molar-refractivity contribution in [1.29, 1.82) is 0 Å². The Kier molecular flexibility index (Phi) is 5.61. The zero-order chi connectivity index (χ0) is 16.3. The van der Waals surface area contributed by atoms with Crippen LogP contribution in [-0.2, 0) is 13.8 Å². The first-order valence-corrected chi connectivity index (χ1v) is 8.36. The maximum absolute atomic E-state index is 12.2. The fourth-order valence-corrected chi connectivity index (χ4v) is 2.81. The maximum Gasteiger partial charge on any atom is 0.265 e. The molecule has 0 saturated heterocycles. The van der Waals surface area contributed by atoms with Crippen LogP contribution in [0.3, 0.4) is 0 Å². The number of hydrogen-bond donors (Lipinski definition) is 1. The smallest absolute Gasteiger partial charge is 0.265 e. The summed E-state index contributed by atoms with van der Waals surface area (Å²) in [7, 11) is 4.18. The Hall–Kier alpha value is -1.31. The van der Waals surface area contributed by atoms with Crippen LogP contribution in [0.2, 0.25) is 0 Å². The molecule has 0 radical (unpaired) electrons. The van der Waals surface area contributed by atoms with Gasteiger partial charge in [-0.15, -0.1) is 0 Å². The van der Waals surface area contributed by atoms with Gasteiger partial charge in [-0.3, -0.25) is 4.79 Å². The van der Waals surface area contributed by atoms with Gasteiger partial charge in [0.1, 0.15) is 10.6 Å². The van der Waals surface area contributed by atoms with E-state index in [1.807, 2.05) is 0 Å². The highest BCUT2D eigenvalue weighted by atomic mass is 35.7. The first kappa shape index (κ1) is 17.7. The van der Waals surface area contributed by atoms with Gasteiger partial charge < -0.3 is 14.8 Å². The fraction of sp³-hybridized carbons (Fsp3) is 0.462. The van der Waals surface area contributed by atoms with E-state index in [1.54, 1.807) is 13.8 Å². The number of hydrogen-bond acceptors (Lipinski definition) is 5. The van der Waals surface area contributed by atoms with Crippen LogP contribution in [0.1, 0.15) is 24.2 Å². The molecule has 1 rings (SSSR count). The number of benzene rings is 1. The summed E-state index contributed by atoms with van der Waals surface area (Å²) in [6, 6.07) is 4.02. The van der Waals surface area contributed by atoms with E-state index in [0.717, 1.165) is 0 Å². The van der Waals surface area contributed by atoms with Crippen LogP contribution in [0.25, 0.3) is 0 Å². The molecule has 0 unspecified atom stereocenters. The van der Waals surface area contributed by atoms with Crippen molar-refractivity contribution in [2.24, 2.45) is 0 Å². The van der Waals surface area contributed by atoms with Gasteiger partial charge in [0.05, 0.1) is 19.3 Å². The van der Waals surface area contributed by atoms with Crippen LogP contribution < -0.4 is 10.1 Å². The summed E-state index contributed by atoms with van der Waals surface area (Å²) in [5.74, 6) is -0.348. The molecular formula is C13H18ClNO5S. The van der Waals surface area contributed by atoms with Crippen molar-refractivity contribution < 1.29 is 22.7 Å². The topological polar surface area (TPSA) is 81.7 Å². The monoisotopic (exact) mass is 335 g/mol. The van der Waals surface area contributed by atoms with Gasteiger partial charge in [-0.1, -0.05) is 0 Å². The number of carbonyl (C=O) groups excluding carboxylic acids is 1. The molecule has 21 heavy (non-hydrogen) atoms. The molecule has 0 fully saturated rings. The number of methoxy groups -OCH3 is 2.